The fraction of sp³-hybridized carbons (Fsp3) is 0.167. The lowest BCUT2D eigenvalue weighted by Crippen LogP contribution is -2.13. The molecule has 1 aromatic carbocycles. The van der Waals surface area contributed by atoms with E-state index >= 15 is 0 Å². The summed E-state index contributed by atoms with van der Waals surface area (Å²) in [5, 5.41) is 10.9. The van der Waals surface area contributed by atoms with Gasteiger partial charge < -0.3 is 5.32 Å². The zero-order valence-corrected chi connectivity index (χ0v) is 11.4. The third-order valence-corrected chi connectivity index (χ3v) is 3.21. The molecule has 0 aliphatic rings. The van der Waals surface area contributed by atoms with Crippen molar-refractivity contribution in [1.29, 1.82) is 0 Å². The SMILES string of the molecule is O=C(CCC(=O)c1ccc(Cl)cc1)Nc1nncs1. The fourth-order valence-corrected chi connectivity index (χ4v) is 2.00. The molecular weight excluding hydrogens is 286 g/mol. The second kappa shape index (κ2) is 6.40. The fourth-order valence-electron chi connectivity index (χ4n) is 1.42. The minimum absolute atomic E-state index is 0.0934. The molecule has 2 rings (SSSR count). The van der Waals surface area contributed by atoms with E-state index in [9.17, 15) is 9.59 Å². The number of carbonyl (C=O) groups excluding carboxylic acids is 2. The molecule has 0 atom stereocenters. The summed E-state index contributed by atoms with van der Waals surface area (Å²) in [4.78, 5) is 23.4. The molecule has 0 saturated heterocycles. The highest BCUT2D eigenvalue weighted by Crippen LogP contribution is 2.13. The number of ketones is 1. The summed E-state index contributed by atoms with van der Waals surface area (Å²) in [6, 6.07) is 6.59. The van der Waals surface area contributed by atoms with Gasteiger partial charge in [0.2, 0.25) is 11.0 Å². The Bertz CT molecular complexity index is 569. The first-order valence-corrected chi connectivity index (χ1v) is 6.75. The van der Waals surface area contributed by atoms with Gasteiger partial charge in [0, 0.05) is 23.4 Å². The molecule has 0 aliphatic carbocycles. The molecule has 7 heteroatoms. The zero-order valence-electron chi connectivity index (χ0n) is 9.80. The molecule has 0 radical (unpaired) electrons. The van der Waals surface area contributed by atoms with Crippen LogP contribution in [0.5, 0.6) is 0 Å². The predicted octanol–water partition coefficient (Wildman–Crippen LogP) is 2.79. The van der Waals surface area contributed by atoms with Crippen molar-refractivity contribution in [3.05, 3.63) is 40.4 Å². The number of nitrogens with zero attached hydrogens (tertiary/aromatic N) is 2. The van der Waals surface area contributed by atoms with Gasteiger partial charge in [-0.05, 0) is 24.3 Å². The largest absolute Gasteiger partial charge is 0.301 e. The highest BCUT2D eigenvalue weighted by atomic mass is 35.5. The van der Waals surface area contributed by atoms with Crippen LogP contribution in [-0.2, 0) is 4.79 Å². The molecule has 0 fully saturated rings. The van der Waals surface area contributed by atoms with Crippen LogP contribution in [-0.4, -0.2) is 21.9 Å². The Balaban J connectivity index is 1.83. The lowest BCUT2D eigenvalue weighted by molar-refractivity contribution is -0.116. The van der Waals surface area contributed by atoms with E-state index in [1.165, 1.54) is 16.8 Å². The smallest absolute Gasteiger partial charge is 0.226 e. The van der Waals surface area contributed by atoms with Crippen molar-refractivity contribution in [2.75, 3.05) is 5.32 Å². The van der Waals surface area contributed by atoms with Crippen LogP contribution in [0.2, 0.25) is 5.02 Å². The molecule has 0 spiro atoms. The van der Waals surface area contributed by atoms with E-state index in [0.29, 0.717) is 15.7 Å². The molecule has 0 unspecified atom stereocenters. The van der Waals surface area contributed by atoms with Gasteiger partial charge in [0.1, 0.15) is 5.51 Å². The number of rotatable bonds is 5. The zero-order chi connectivity index (χ0) is 13.7. The first kappa shape index (κ1) is 13.6. The number of hydrogen-bond donors (Lipinski definition) is 1. The van der Waals surface area contributed by atoms with E-state index in [0.717, 1.165) is 0 Å². The first-order valence-electron chi connectivity index (χ1n) is 5.50. The second-order valence-corrected chi connectivity index (χ2v) is 4.99. The Morgan fingerprint density at radius 3 is 2.58 bits per heavy atom. The summed E-state index contributed by atoms with van der Waals surface area (Å²) in [6.07, 6.45) is 0.257. The lowest BCUT2D eigenvalue weighted by atomic mass is 10.1. The maximum absolute atomic E-state index is 11.8. The van der Waals surface area contributed by atoms with Crippen LogP contribution in [0.1, 0.15) is 23.2 Å². The summed E-state index contributed by atoms with van der Waals surface area (Å²) in [7, 11) is 0. The summed E-state index contributed by atoms with van der Waals surface area (Å²) < 4.78 is 0. The number of nitrogens with one attached hydrogen (secondary N) is 1. The van der Waals surface area contributed by atoms with Gasteiger partial charge in [-0.25, -0.2) is 0 Å². The molecule has 19 heavy (non-hydrogen) atoms. The summed E-state index contributed by atoms with van der Waals surface area (Å²) in [5.41, 5.74) is 2.07. The molecule has 1 aromatic heterocycles. The van der Waals surface area contributed by atoms with Crippen LogP contribution in [0.15, 0.2) is 29.8 Å². The van der Waals surface area contributed by atoms with Crippen molar-refractivity contribution >= 4 is 39.8 Å². The Labute approximate surface area is 118 Å². The van der Waals surface area contributed by atoms with Crippen molar-refractivity contribution in [2.45, 2.75) is 12.8 Å². The highest BCUT2D eigenvalue weighted by molar-refractivity contribution is 7.13. The topological polar surface area (TPSA) is 72.0 Å². The highest BCUT2D eigenvalue weighted by Gasteiger charge is 2.10. The number of anilines is 1. The Morgan fingerprint density at radius 1 is 1.21 bits per heavy atom. The van der Waals surface area contributed by atoms with Crippen LogP contribution in [0.3, 0.4) is 0 Å². The molecule has 5 nitrogen and oxygen atoms in total. The maximum atomic E-state index is 11.8. The van der Waals surface area contributed by atoms with Crippen LogP contribution >= 0.6 is 22.9 Å². The second-order valence-electron chi connectivity index (χ2n) is 3.72. The van der Waals surface area contributed by atoms with Gasteiger partial charge in [0.25, 0.3) is 0 Å². The quantitative estimate of drug-likeness (QED) is 0.861. The van der Waals surface area contributed by atoms with Crippen molar-refractivity contribution in [3.63, 3.8) is 0 Å². The Kier molecular flexibility index (Phi) is 4.59. The molecule has 1 heterocycles. The van der Waals surface area contributed by atoms with Gasteiger partial charge in [0.05, 0.1) is 0 Å². The number of halogens is 1. The molecule has 2 aromatic rings. The normalized spacial score (nSPS) is 10.2. The average molecular weight is 296 g/mol. The van der Waals surface area contributed by atoms with Crippen LogP contribution in [0.4, 0.5) is 5.13 Å². The van der Waals surface area contributed by atoms with E-state index in [4.69, 9.17) is 11.6 Å². The third kappa shape index (κ3) is 4.11. The molecule has 0 aliphatic heterocycles. The number of Topliss-reactive ketones (excluding diaryl/α,β-unsaturated/α-hetero) is 1. The van der Waals surface area contributed by atoms with Gasteiger partial charge in [0.15, 0.2) is 5.78 Å². The summed E-state index contributed by atoms with van der Waals surface area (Å²) >= 11 is 6.97. The predicted molar refractivity (Wildman–Crippen MR) is 73.6 cm³/mol. The Hall–Kier alpha value is -1.79. The monoisotopic (exact) mass is 295 g/mol. The molecule has 1 N–H and O–H groups in total. The van der Waals surface area contributed by atoms with Crippen molar-refractivity contribution < 1.29 is 9.59 Å². The molecule has 0 saturated carbocycles. The number of benzene rings is 1. The number of aromatic nitrogens is 2. The van der Waals surface area contributed by atoms with Crippen molar-refractivity contribution in [1.82, 2.24) is 10.2 Å². The van der Waals surface area contributed by atoms with Gasteiger partial charge in [-0.15, -0.1) is 10.2 Å². The Morgan fingerprint density at radius 2 is 1.95 bits per heavy atom. The molecule has 1 amide bonds. The maximum Gasteiger partial charge on any atom is 0.226 e. The minimum Gasteiger partial charge on any atom is -0.301 e. The molecule has 0 bridgehead atoms. The van der Waals surface area contributed by atoms with E-state index in [-0.39, 0.29) is 24.5 Å². The molecular formula is C12H10ClN3O2S. The number of hydrogen-bond acceptors (Lipinski definition) is 5. The third-order valence-electron chi connectivity index (χ3n) is 2.35. The summed E-state index contributed by atoms with van der Waals surface area (Å²) in [6.45, 7) is 0. The average Bonchev–Trinajstić information content (AvgIpc) is 2.89. The van der Waals surface area contributed by atoms with Crippen LogP contribution < -0.4 is 5.32 Å². The van der Waals surface area contributed by atoms with Gasteiger partial charge in [-0.2, -0.15) is 0 Å². The van der Waals surface area contributed by atoms with Crippen LogP contribution in [0, 0.1) is 0 Å². The van der Waals surface area contributed by atoms with E-state index in [1.807, 2.05) is 0 Å². The van der Waals surface area contributed by atoms with Crippen LogP contribution in [0.25, 0.3) is 0 Å². The van der Waals surface area contributed by atoms with E-state index in [2.05, 4.69) is 15.5 Å². The minimum atomic E-state index is -0.251. The van der Waals surface area contributed by atoms with Gasteiger partial charge in [-0.3, -0.25) is 9.59 Å². The van der Waals surface area contributed by atoms with Gasteiger partial charge in [-0.1, -0.05) is 22.9 Å². The van der Waals surface area contributed by atoms with E-state index in [1.54, 1.807) is 24.3 Å². The number of amides is 1. The molecule has 98 valence electrons. The lowest BCUT2D eigenvalue weighted by Gasteiger charge is -2.02. The van der Waals surface area contributed by atoms with Crippen molar-refractivity contribution in [2.24, 2.45) is 0 Å². The standard InChI is InChI=1S/C12H10ClN3O2S/c13-9-3-1-8(2-4-9)10(17)5-6-11(18)15-12-16-14-7-19-12/h1-4,7H,5-6H2,(H,15,16,18). The van der Waals surface area contributed by atoms with Crippen molar-refractivity contribution in [3.8, 4) is 0 Å². The first-order chi connectivity index (χ1) is 9.15. The summed E-state index contributed by atoms with van der Waals surface area (Å²) in [5.74, 6) is -0.344. The van der Waals surface area contributed by atoms with Gasteiger partial charge >= 0.3 is 0 Å². The van der Waals surface area contributed by atoms with E-state index < -0.39 is 0 Å². The number of carbonyl (C=O) groups is 2.